The Labute approximate surface area is 181 Å². The normalized spacial score (nSPS) is 31.5. The molecule has 2 aromatic carbocycles. The fourth-order valence-electron chi connectivity index (χ4n) is 4.37. The largest absolute Gasteiger partial charge is 0.507 e. The summed E-state index contributed by atoms with van der Waals surface area (Å²) in [6, 6.07) is 3.40. The summed E-state index contributed by atoms with van der Waals surface area (Å²) >= 11 is 0. The molecule has 0 spiro atoms. The first-order valence-corrected chi connectivity index (χ1v) is 9.80. The average molecular weight is 452 g/mol. The van der Waals surface area contributed by atoms with Crippen LogP contribution in [0.1, 0.15) is 29.7 Å². The summed E-state index contributed by atoms with van der Waals surface area (Å²) in [6.45, 7) is 0.228. The number of hydrogen-bond donors (Lipinski definition) is 9. The molecule has 0 bridgehead atoms. The van der Waals surface area contributed by atoms with E-state index in [0.29, 0.717) is 0 Å². The monoisotopic (exact) mass is 452 g/mol. The van der Waals surface area contributed by atoms with E-state index in [1.54, 1.807) is 0 Å². The molecule has 0 aromatic heterocycles. The van der Waals surface area contributed by atoms with Crippen molar-refractivity contribution in [3.63, 3.8) is 0 Å². The molecule has 0 radical (unpaired) electrons. The lowest BCUT2D eigenvalue weighted by atomic mass is 9.72. The van der Waals surface area contributed by atoms with Crippen LogP contribution in [-0.4, -0.2) is 83.6 Å². The van der Waals surface area contributed by atoms with E-state index in [9.17, 15) is 46.0 Å². The Morgan fingerprint density at radius 3 is 2.09 bits per heavy atom. The number of aliphatic hydroxyl groups is 5. The van der Waals surface area contributed by atoms with E-state index >= 15 is 0 Å². The molecule has 6 atom stereocenters. The molecule has 2 aliphatic rings. The molecule has 11 nitrogen and oxygen atoms in total. The summed E-state index contributed by atoms with van der Waals surface area (Å²) in [5, 5.41) is 91.8. The molecule has 0 aliphatic carbocycles. The predicted octanol–water partition coefficient (Wildman–Crippen LogP) is -0.572. The molecule has 32 heavy (non-hydrogen) atoms. The van der Waals surface area contributed by atoms with Crippen molar-refractivity contribution < 1.29 is 55.4 Å². The van der Waals surface area contributed by atoms with Crippen molar-refractivity contribution in [1.29, 1.82) is 0 Å². The number of ether oxygens (including phenoxy) is 2. The maximum absolute atomic E-state index is 11.2. The molecule has 0 saturated carbocycles. The van der Waals surface area contributed by atoms with Crippen molar-refractivity contribution >= 4 is 0 Å². The van der Waals surface area contributed by atoms with Crippen LogP contribution in [-0.2, 0) is 10.2 Å². The Balaban J connectivity index is 1.91. The maximum atomic E-state index is 11.2. The zero-order chi connectivity index (χ0) is 23.5. The van der Waals surface area contributed by atoms with Gasteiger partial charge >= 0.3 is 0 Å². The molecule has 0 amide bonds. The third-order valence-electron chi connectivity index (χ3n) is 6.22. The van der Waals surface area contributed by atoms with Gasteiger partial charge < -0.3 is 55.4 Å². The van der Waals surface area contributed by atoms with E-state index in [0.717, 1.165) is 12.1 Å². The van der Waals surface area contributed by atoms with E-state index in [-0.39, 0.29) is 28.2 Å². The lowest BCUT2D eigenvalue weighted by Gasteiger charge is -2.42. The van der Waals surface area contributed by atoms with Crippen molar-refractivity contribution in [2.45, 2.75) is 42.9 Å². The third kappa shape index (κ3) is 3.05. The minimum absolute atomic E-state index is 0.0117. The van der Waals surface area contributed by atoms with Crippen LogP contribution >= 0.6 is 0 Å². The minimum Gasteiger partial charge on any atom is -0.507 e. The van der Waals surface area contributed by atoms with Gasteiger partial charge in [-0.2, -0.15) is 0 Å². The molecule has 4 rings (SSSR count). The number of aromatic hydroxyl groups is 4. The second-order valence-electron chi connectivity index (χ2n) is 8.21. The zero-order valence-electron chi connectivity index (χ0n) is 16.9. The first-order chi connectivity index (χ1) is 15.0. The van der Waals surface area contributed by atoms with E-state index in [1.807, 2.05) is 0 Å². The van der Waals surface area contributed by atoms with Crippen LogP contribution in [0.2, 0.25) is 0 Å². The van der Waals surface area contributed by atoms with Gasteiger partial charge in [-0.1, -0.05) is 0 Å². The van der Waals surface area contributed by atoms with Crippen LogP contribution < -0.4 is 4.74 Å². The van der Waals surface area contributed by atoms with Gasteiger partial charge in [-0.3, -0.25) is 0 Å². The van der Waals surface area contributed by atoms with Crippen LogP contribution in [0.15, 0.2) is 18.2 Å². The summed E-state index contributed by atoms with van der Waals surface area (Å²) in [6.07, 6.45) is -7.99. The molecular formula is C21H24O11. The fraction of sp³-hybridized carbons (Fsp3) is 0.429. The standard InChI is InChI=1S/C21H24O11/c1-21(6-23)7-2-8(24)9(25)3-11(7)31-12-4-10(26)14(17(28)15(12)21)20-19(30)18(29)16(27)13(5-22)32-20/h2-4,13,16,18-20,22-30H,5-6H2,1H3/t13-,16-,18+,19-,20+,21?/m1/s1. The molecule has 1 fully saturated rings. The Hall–Kier alpha value is -2.80. The highest BCUT2D eigenvalue weighted by Gasteiger charge is 2.48. The van der Waals surface area contributed by atoms with Crippen LogP contribution in [0.3, 0.4) is 0 Å². The number of aliphatic hydroxyl groups excluding tert-OH is 5. The Bertz CT molecular complexity index is 1050. The maximum Gasteiger partial charge on any atom is 0.161 e. The minimum atomic E-state index is -1.78. The van der Waals surface area contributed by atoms with Crippen molar-refractivity contribution in [2.75, 3.05) is 13.2 Å². The number of rotatable bonds is 3. The van der Waals surface area contributed by atoms with Crippen molar-refractivity contribution in [3.8, 4) is 34.5 Å². The molecule has 1 unspecified atom stereocenters. The quantitative estimate of drug-likeness (QED) is 0.270. The number of benzene rings is 2. The molecule has 174 valence electrons. The Morgan fingerprint density at radius 1 is 0.844 bits per heavy atom. The third-order valence-corrected chi connectivity index (χ3v) is 6.22. The molecule has 2 aliphatic heterocycles. The average Bonchev–Trinajstić information content (AvgIpc) is 2.75. The molecule has 9 N–H and O–H groups in total. The smallest absolute Gasteiger partial charge is 0.161 e. The van der Waals surface area contributed by atoms with Crippen molar-refractivity contribution in [3.05, 3.63) is 34.9 Å². The summed E-state index contributed by atoms with van der Waals surface area (Å²) in [5.41, 5.74) is -1.53. The SMILES string of the molecule is CC1(CO)c2cc(O)c(O)cc2Oc2cc(O)c([C@@H]3O[C@H](CO)[C@@H](O)[C@H](O)[C@H]3O)c(O)c21. The van der Waals surface area contributed by atoms with Gasteiger partial charge in [-0.25, -0.2) is 0 Å². The summed E-state index contributed by atoms with van der Waals surface area (Å²) < 4.78 is 11.2. The topological polar surface area (TPSA) is 201 Å². The highest BCUT2D eigenvalue weighted by molar-refractivity contribution is 5.68. The van der Waals surface area contributed by atoms with Gasteiger partial charge in [0.05, 0.1) is 24.2 Å². The fourth-order valence-corrected chi connectivity index (χ4v) is 4.37. The summed E-state index contributed by atoms with van der Waals surface area (Å²) in [4.78, 5) is 0. The number of phenols is 4. The van der Waals surface area contributed by atoms with Gasteiger partial charge in [0.1, 0.15) is 53.5 Å². The number of hydrogen-bond acceptors (Lipinski definition) is 11. The van der Waals surface area contributed by atoms with Crippen molar-refractivity contribution in [1.82, 2.24) is 0 Å². The van der Waals surface area contributed by atoms with Gasteiger partial charge in [0, 0.05) is 23.3 Å². The number of phenolic OH excluding ortho intramolecular Hbond substituents is 4. The van der Waals surface area contributed by atoms with Gasteiger partial charge in [-0.15, -0.1) is 0 Å². The highest BCUT2D eigenvalue weighted by atomic mass is 16.5. The van der Waals surface area contributed by atoms with Crippen LogP contribution in [0.25, 0.3) is 0 Å². The number of fused-ring (bicyclic) bond motifs is 2. The van der Waals surface area contributed by atoms with E-state index in [1.165, 1.54) is 13.0 Å². The van der Waals surface area contributed by atoms with Gasteiger partial charge in [0.25, 0.3) is 0 Å². The molecular weight excluding hydrogens is 428 g/mol. The zero-order valence-corrected chi connectivity index (χ0v) is 16.9. The van der Waals surface area contributed by atoms with Crippen LogP contribution in [0, 0.1) is 0 Å². The first kappa shape index (κ1) is 22.4. The first-order valence-electron chi connectivity index (χ1n) is 9.80. The Morgan fingerprint density at radius 2 is 1.47 bits per heavy atom. The molecule has 2 heterocycles. The summed E-state index contributed by atoms with van der Waals surface area (Å²) in [5.74, 6) is -2.16. The Kier molecular flexibility index (Phi) is 5.36. The lowest BCUT2D eigenvalue weighted by Crippen LogP contribution is -2.55. The predicted molar refractivity (Wildman–Crippen MR) is 106 cm³/mol. The second-order valence-corrected chi connectivity index (χ2v) is 8.21. The van der Waals surface area contributed by atoms with Gasteiger partial charge in [0.15, 0.2) is 11.5 Å². The van der Waals surface area contributed by atoms with Crippen molar-refractivity contribution in [2.24, 2.45) is 0 Å². The van der Waals surface area contributed by atoms with E-state index in [2.05, 4.69) is 0 Å². The van der Waals surface area contributed by atoms with Crippen LogP contribution in [0.4, 0.5) is 0 Å². The van der Waals surface area contributed by atoms with E-state index in [4.69, 9.17) is 9.47 Å². The van der Waals surface area contributed by atoms with Crippen LogP contribution in [0.5, 0.6) is 34.5 Å². The lowest BCUT2D eigenvalue weighted by molar-refractivity contribution is -0.232. The van der Waals surface area contributed by atoms with E-state index < -0.39 is 72.1 Å². The summed E-state index contributed by atoms with van der Waals surface area (Å²) in [7, 11) is 0. The second kappa shape index (κ2) is 7.66. The highest BCUT2D eigenvalue weighted by Crippen LogP contribution is 2.57. The molecule has 1 saturated heterocycles. The molecule has 2 aromatic rings. The van der Waals surface area contributed by atoms with Gasteiger partial charge in [0.2, 0.25) is 0 Å². The van der Waals surface area contributed by atoms with Gasteiger partial charge in [-0.05, 0) is 13.0 Å². The molecule has 11 heteroatoms.